The Morgan fingerprint density at radius 1 is 0.443 bits per heavy atom. The molecule has 0 bridgehead atoms. The summed E-state index contributed by atoms with van der Waals surface area (Å²) in [6, 6.07) is -4.59. The monoisotopic (exact) mass is 1510 g/mol. The third-order valence-corrected chi connectivity index (χ3v) is 18.1. The zero-order valence-corrected chi connectivity index (χ0v) is 63.5. The third-order valence-electron chi connectivity index (χ3n) is 17.4. The maximum Gasteiger partial charge on any atom is 0.408 e. The molecule has 0 saturated carbocycles. The van der Waals surface area contributed by atoms with Gasteiger partial charge in [0, 0.05) is 18.7 Å². The Labute approximate surface area is 624 Å². The topological polar surface area (TPSA) is 537 Å². The number of carbonyl (C=O) groups is 16. The molecule has 594 valence electrons. The first kappa shape index (κ1) is 91.2. The number of hydrogen-bond acceptors (Lipinski definition) is 21. The van der Waals surface area contributed by atoms with E-state index in [4.69, 9.17) is 27.7 Å². The van der Waals surface area contributed by atoms with Crippen LogP contribution in [0.25, 0.3) is 0 Å². The molecular weight excluding hydrogens is 1400 g/mol. The summed E-state index contributed by atoms with van der Waals surface area (Å²) in [6.07, 6.45) is 3.50. The van der Waals surface area contributed by atoms with Gasteiger partial charge in [0.25, 0.3) is 0 Å². The molecule has 2 aliphatic heterocycles. The molecule has 20 N–H and O–H groups in total. The molecular formula is C70H116N18O17S. The second-order valence-electron chi connectivity index (χ2n) is 27.9. The standard InChI is InChI=1S/C70H116N18O17S/c1-40(2)33-50(64(98)78-43(7)58(74)92)84-61(95)47(23-13-16-28-71)81-59(93)44(8)79-65(99)51(34-41(3)4)85-62(96)48(24-14-17-29-72)82-60(94)45(9)80-66(100)52(35-42(5)6)86-63(97)49(25-15-18-30-73)83-67(101)53-26-19-32-88(53)68(102)54-27-20-31-87(54)57(91)38-76-55(89)36-75-56(90)37-77-70(104)105-39-106-69(103)46-21-11-10-12-22-46/h10-12,21-22,40-45,47-54H,13-20,23-39,71-73H2,1-9H3,(H2,74,92)(H,75,90)(H,76,89)(H,77,104)(H,78,98)(H,79,99)(H,80,100)(H,81,93)(H,82,94)(H,83,101)(H,84,95)(H,85,96)(H,86,97)/t43-,44-,45-,47-,48-,49-,50-,51-,52-,53-,54-/m0/s1. The summed E-state index contributed by atoms with van der Waals surface area (Å²) in [5.41, 5.74) is 23.1. The van der Waals surface area contributed by atoms with Crippen LogP contribution in [0.2, 0.25) is 0 Å². The summed E-state index contributed by atoms with van der Waals surface area (Å²) in [5, 5.41) is 30.7. The van der Waals surface area contributed by atoms with Crippen molar-refractivity contribution in [2.75, 3.05) is 58.3 Å². The number of alkyl carbamates (subject to hydrolysis) is 1. The molecule has 1 aromatic rings. The molecule has 0 spiro atoms. The van der Waals surface area contributed by atoms with Crippen LogP contribution in [0.5, 0.6) is 0 Å². The molecule has 2 fully saturated rings. The Morgan fingerprint density at radius 3 is 1.25 bits per heavy atom. The fraction of sp³-hybridized carbons (Fsp3) is 0.686. The smallest absolute Gasteiger partial charge is 0.408 e. The summed E-state index contributed by atoms with van der Waals surface area (Å²) in [7, 11) is 0. The van der Waals surface area contributed by atoms with E-state index in [-0.39, 0.29) is 106 Å². The van der Waals surface area contributed by atoms with Crippen LogP contribution in [-0.2, 0) is 71.9 Å². The number of benzene rings is 1. The van der Waals surface area contributed by atoms with Gasteiger partial charge in [0.15, 0.2) is 0 Å². The van der Waals surface area contributed by atoms with Crippen LogP contribution in [0.3, 0.4) is 0 Å². The molecule has 2 aliphatic rings. The van der Waals surface area contributed by atoms with Gasteiger partial charge in [-0.3, -0.25) is 71.9 Å². The van der Waals surface area contributed by atoms with E-state index in [1.54, 1.807) is 58.0 Å². The molecule has 0 radical (unpaired) electrons. The van der Waals surface area contributed by atoms with Gasteiger partial charge in [-0.1, -0.05) is 71.9 Å². The number of carbonyl (C=O) groups excluding carboxylic acids is 16. The van der Waals surface area contributed by atoms with E-state index < -0.39 is 175 Å². The average molecular weight is 1510 g/mol. The third kappa shape index (κ3) is 33.2. The molecule has 11 atom stereocenters. The van der Waals surface area contributed by atoms with Gasteiger partial charge in [0.05, 0.1) is 13.1 Å². The Kier molecular flexibility index (Phi) is 41.5. The van der Waals surface area contributed by atoms with Crippen molar-refractivity contribution in [3.8, 4) is 0 Å². The van der Waals surface area contributed by atoms with Crippen molar-refractivity contribution in [1.29, 1.82) is 0 Å². The first-order chi connectivity index (χ1) is 50.2. The fourth-order valence-corrected chi connectivity index (χ4v) is 12.2. The molecule has 36 heteroatoms. The molecule has 2 heterocycles. The van der Waals surface area contributed by atoms with Gasteiger partial charge in [0.2, 0.25) is 87.8 Å². The Balaban J connectivity index is 1.67. The number of amides is 15. The Morgan fingerprint density at radius 2 is 0.821 bits per heavy atom. The predicted molar refractivity (Wildman–Crippen MR) is 394 cm³/mol. The minimum atomic E-state index is -1.31. The highest BCUT2D eigenvalue weighted by atomic mass is 32.2. The van der Waals surface area contributed by atoms with Crippen LogP contribution in [0, 0.1) is 17.8 Å². The van der Waals surface area contributed by atoms with E-state index in [0.717, 1.165) is 11.8 Å². The molecule has 15 amide bonds. The van der Waals surface area contributed by atoms with Crippen LogP contribution in [0.15, 0.2) is 30.3 Å². The fourth-order valence-electron chi connectivity index (χ4n) is 11.6. The van der Waals surface area contributed by atoms with Gasteiger partial charge in [0.1, 0.15) is 78.9 Å². The summed E-state index contributed by atoms with van der Waals surface area (Å²) in [5.74, 6) is -10.8. The highest BCUT2D eigenvalue weighted by Crippen LogP contribution is 2.26. The number of likely N-dealkylation sites (tertiary alicyclic amines) is 2. The lowest BCUT2D eigenvalue weighted by Crippen LogP contribution is -2.60. The van der Waals surface area contributed by atoms with Crippen LogP contribution < -0.4 is 86.7 Å². The van der Waals surface area contributed by atoms with E-state index in [1.807, 2.05) is 13.8 Å². The van der Waals surface area contributed by atoms with Crippen LogP contribution in [0.1, 0.15) is 175 Å². The number of primary amides is 1. The zero-order valence-electron chi connectivity index (χ0n) is 62.7. The van der Waals surface area contributed by atoms with Crippen molar-refractivity contribution < 1.29 is 81.4 Å². The molecule has 3 rings (SSSR count). The van der Waals surface area contributed by atoms with Crippen LogP contribution >= 0.6 is 11.8 Å². The summed E-state index contributed by atoms with van der Waals surface area (Å²) in [6.45, 7) is 14.5. The first-order valence-corrected chi connectivity index (χ1v) is 37.6. The molecule has 35 nitrogen and oxygen atoms in total. The normalized spacial score (nSPS) is 16.6. The number of nitrogens with one attached hydrogen (secondary N) is 12. The number of rotatable bonds is 47. The van der Waals surface area contributed by atoms with Crippen molar-refractivity contribution in [2.24, 2.45) is 40.7 Å². The average Bonchev–Trinajstić information content (AvgIpc) is 1.65. The van der Waals surface area contributed by atoms with Gasteiger partial charge in [-0.25, -0.2) is 4.79 Å². The number of unbranched alkanes of at least 4 members (excludes halogenated alkanes) is 3. The highest BCUT2D eigenvalue weighted by Gasteiger charge is 2.43. The van der Waals surface area contributed by atoms with Crippen molar-refractivity contribution >= 4 is 106 Å². The molecule has 0 unspecified atom stereocenters. The van der Waals surface area contributed by atoms with Crippen molar-refractivity contribution in [1.82, 2.24) is 73.6 Å². The first-order valence-electron chi connectivity index (χ1n) is 36.6. The maximum atomic E-state index is 14.4. The van der Waals surface area contributed by atoms with E-state index in [2.05, 4.69) is 63.8 Å². The number of nitrogens with two attached hydrogens (primary N) is 4. The van der Waals surface area contributed by atoms with Gasteiger partial charge in [-0.15, -0.1) is 0 Å². The summed E-state index contributed by atoms with van der Waals surface area (Å²) in [4.78, 5) is 218. The summed E-state index contributed by atoms with van der Waals surface area (Å²) < 4.78 is 4.92. The second-order valence-corrected chi connectivity index (χ2v) is 28.8. The minimum absolute atomic E-state index is 0.0523. The lowest BCUT2D eigenvalue weighted by atomic mass is 10.0. The van der Waals surface area contributed by atoms with E-state index in [0.29, 0.717) is 63.5 Å². The largest absolute Gasteiger partial charge is 0.438 e. The van der Waals surface area contributed by atoms with Gasteiger partial charge in [-0.05, 0) is 173 Å². The maximum absolute atomic E-state index is 14.4. The highest BCUT2D eigenvalue weighted by molar-refractivity contribution is 8.14. The number of nitrogens with zero attached hydrogens (tertiary/aromatic N) is 2. The minimum Gasteiger partial charge on any atom is -0.438 e. The van der Waals surface area contributed by atoms with Crippen molar-refractivity contribution in [3.63, 3.8) is 0 Å². The van der Waals surface area contributed by atoms with Gasteiger partial charge < -0.3 is 101 Å². The van der Waals surface area contributed by atoms with Gasteiger partial charge >= 0.3 is 6.09 Å². The van der Waals surface area contributed by atoms with Crippen LogP contribution in [0.4, 0.5) is 4.79 Å². The van der Waals surface area contributed by atoms with Crippen molar-refractivity contribution in [2.45, 2.75) is 232 Å². The number of ether oxygens (including phenoxy) is 1. The molecule has 2 saturated heterocycles. The lowest BCUT2D eigenvalue weighted by Gasteiger charge is -2.32. The molecule has 0 aliphatic carbocycles. The predicted octanol–water partition coefficient (Wildman–Crippen LogP) is -2.11. The van der Waals surface area contributed by atoms with Crippen molar-refractivity contribution in [3.05, 3.63) is 35.9 Å². The quantitative estimate of drug-likeness (QED) is 0.0245. The summed E-state index contributed by atoms with van der Waals surface area (Å²) >= 11 is 0.745. The Hall–Kier alpha value is -9.03. The van der Waals surface area contributed by atoms with Gasteiger partial charge in [-0.2, -0.15) is 0 Å². The SMILES string of the molecule is CC(C)C[C@H](NC(=O)[C@H](CCCCN)NC(=O)[C@H](C)NC(=O)[C@H](CC(C)C)NC(=O)[C@H](CCCCN)NC(=O)[C@H](C)NC(=O)[C@H](CC(C)C)NC(=O)[C@H](CCCCN)NC(=O)[C@@H]1CCCN1C(=O)[C@@H]1CCCN1C(=O)CNC(=O)CNC(=O)CNC(=O)OCSC(=O)c1ccccc1)C(=O)N[C@@H](C)C(N)=O. The molecule has 106 heavy (non-hydrogen) atoms. The van der Waals surface area contributed by atoms with E-state index >= 15 is 0 Å². The Bertz CT molecular complexity index is 3130. The molecule has 1 aromatic carbocycles. The number of thioether (sulfide) groups is 1. The van der Waals surface area contributed by atoms with Crippen LogP contribution in [-0.4, -0.2) is 228 Å². The second kappa shape index (κ2) is 48.2. The number of hydrogen-bond donors (Lipinski definition) is 16. The molecule has 0 aromatic heterocycles. The van der Waals surface area contributed by atoms with E-state index in [9.17, 15) is 76.7 Å². The van der Waals surface area contributed by atoms with E-state index in [1.165, 1.54) is 30.6 Å². The zero-order chi connectivity index (χ0) is 79.2. The lowest BCUT2D eigenvalue weighted by molar-refractivity contribution is -0.147.